The second-order valence-corrected chi connectivity index (χ2v) is 2.39. The predicted molar refractivity (Wildman–Crippen MR) is 38.0 cm³/mol. The van der Waals surface area contributed by atoms with Gasteiger partial charge in [0.25, 0.3) is 0 Å². The van der Waals surface area contributed by atoms with Gasteiger partial charge in [0.15, 0.2) is 5.82 Å². The first kappa shape index (κ1) is 7.08. The Kier molecular flexibility index (Phi) is 1.91. The molecule has 2 N–H and O–H groups in total. The Morgan fingerprint density at radius 1 is 1.70 bits per heavy atom. The molecule has 0 atom stereocenters. The highest BCUT2D eigenvalue weighted by Crippen LogP contribution is 2.06. The van der Waals surface area contributed by atoms with E-state index in [0.29, 0.717) is 11.9 Å². The van der Waals surface area contributed by atoms with E-state index in [1.165, 1.54) is 0 Å². The topological polar surface area (TPSA) is 50.1 Å². The summed E-state index contributed by atoms with van der Waals surface area (Å²) in [5.41, 5.74) is 1.97. The van der Waals surface area contributed by atoms with Gasteiger partial charge in [-0.15, -0.1) is 0 Å². The number of nitrogens with one attached hydrogen (secondary N) is 1. The predicted octanol–water partition coefficient (Wildman–Crippen LogP) is 1.27. The lowest BCUT2D eigenvalue weighted by molar-refractivity contribution is 0.383. The lowest BCUT2D eigenvalue weighted by Gasteiger charge is -2.02. The zero-order valence-electron chi connectivity index (χ0n) is 6.07. The smallest absolute Gasteiger partial charge is 0.171 e. The SMILES string of the molecule is CC(C)n1ccc(NO)n1. The van der Waals surface area contributed by atoms with Gasteiger partial charge in [-0.3, -0.25) is 15.4 Å². The molecule has 0 aliphatic heterocycles. The van der Waals surface area contributed by atoms with E-state index in [1.54, 1.807) is 10.7 Å². The van der Waals surface area contributed by atoms with Crippen LogP contribution in [0.4, 0.5) is 5.82 Å². The van der Waals surface area contributed by atoms with E-state index in [0.717, 1.165) is 0 Å². The fourth-order valence-electron chi connectivity index (χ4n) is 0.685. The van der Waals surface area contributed by atoms with Crippen molar-refractivity contribution in [2.24, 2.45) is 0 Å². The average molecular weight is 141 g/mol. The van der Waals surface area contributed by atoms with Gasteiger partial charge in [-0.05, 0) is 13.8 Å². The Bertz CT molecular complexity index is 207. The standard InChI is InChI=1S/C6H11N3O/c1-5(2)9-4-3-6(7-9)8-10/h3-5,10H,1-2H3,(H,7,8). The molecule has 0 amide bonds. The van der Waals surface area contributed by atoms with Crippen LogP contribution < -0.4 is 5.48 Å². The van der Waals surface area contributed by atoms with Crippen LogP contribution in [-0.2, 0) is 0 Å². The van der Waals surface area contributed by atoms with Gasteiger partial charge >= 0.3 is 0 Å². The molecule has 4 heteroatoms. The minimum absolute atomic E-state index is 0.335. The van der Waals surface area contributed by atoms with Gasteiger partial charge in [-0.25, -0.2) is 0 Å². The van der Waals surface area contributed by atoms with E-state index in [-0.39, 0.29) is 0 Å². The van der Waals surface area contributed by atoms with E-state index in [4.69, 9.17) is 5.21 Å². The molecule has 1 aromatic rings. The molecule has 1 rings (SSSR count). The van der Waals surface area contributed by atoms with Gasteiger partial charge in [0.2, 0.25) is 0 Å². The molecule has 0 saturated heterocycles. The third-order valence-electron chi connectivity index (χ3n) is 1.25. The highest BCUT2D eigenvalue weighted by atomic mass is 16.5. The van der Waals surface area contributed by atoms with Gasteiger partial charge in [-0.2, -0.15) is 5.10 Å². The molecule has 0 aliphatic rings. The maximum Gasteiger partial charge on any atom is 0.171 e. The monoisotopic (exact) mass is 141 g/mol. The van der Waals surface area contributed by atoms with Crippen LogP contribution in [0.25, 0.3) is 0 Å². The molecular weight excluding hydrogens is 130 g/mol. The lowest BCUT2D eigenvalue weighted by atomic mass is 10.4. The largest absolute Gasteiger partial charge is 0.290 e. The van der Waals surface area contributed by atoms with Crippen LogP contribution >= 0.6 is 0 Å². The van der Waals surface area contributed by atoms with E-state index in [9.17, 15) is 0 Å². The number of nitrogens with zero attached hydrogens (tertiary/aromatic N) is 2. The first-order valence-electron chi connectivity index (χ1n) is 3.19. The normalized spacial score (nSPS) is 10.4. The fourth-order valence-corrected chi connectivity index (χ4v) is 0.685. The summed E-state index contributed by atoms with van der Waals surface area (Å²) in [6, 6.07) is 2.04. The third kappa shape index (κ3) is 1.27. The average Bonchev–Trinajstić information content (AvgIpc) is 2.34. The van der Waals surface area contributed by atoms with Gasteiger partial charge < -0.3 is 0 Å². The Hall–Kier alpha value is -1.03. The van der Waals surface area contributed by atoms with Gasteiger partial charge in [-0.1, -0.05) is 0 Å². The summed E-state index contributed by atoms with van der Waals surface area (Å²) in [6.07, 6.45) is 1.81. The molecule has 0 bridgehead atoms. The van der Waals surface area contributed by atoms with E-state index >= 15 is 0 Å². The van der Waals surface area contributed by atoms with Crippen LogP contribution in [-0.4, -0.2) is 15.0 Å². The minimum atomic E-state index is 0.335. The van der Waals surface area contributed by atoms with Gasteiger partial charge in [0, 0.05) is 18.3 Å². The van der Waals surface area contributed by atoms with Crippen molar-refractivity contribution < 1.29 is 5.21 Å². The number of hydrogen-bond donors (Lipinski definition) is 2. The number of anilines is 1. The van der Waals surface area contributed by atoms with Crippen molar-refractivity contribution in [3.63, 3.8) is 0 Å². The third-order valence-corrected chi connectivity index (χ3v) is 1.25. The van der Waals surface area contributed by atoms with Crippen LogP contribution in [0, 0.1) is 0 Å². The van der Waals surface area contributed by atoms with Crippen molar-refractivity contribution in [3.05, 3.63) is 12.3 Å². The summed E-state index contributed by atoms with van der Waals surface area (Å²) < 4.78 is 1.76. The summed E-state index contributed by atoms with van der Waals surface area (Å²) in [5, 5.41) is 12.4. The molecule has 0 unspecified atom stereocenters. The molecule has 0 radical (unpaired) electrons. The number of hydrogen-bond acceptors (Lipinski definition) is 3. The minimum Gasteiger partial charge on any atom is -0.290 e. The van der Waals surface area contributed by atoms with E-state index in [2.05, 4.69) is 5.10 Å². The first-order chi connectivity index (χ1) is 4.74. The van der Waals surface area contributed by atoms with Crippen molar-refractivity contribution in [3.8, 4) is 0 Å². The highest BCUT2D eigenvalue weighted by molar-refractivity contribution is 5.28. The van der Waals surface area contributed by atoms with Gasteiger partial charge in [0.1, 0.15) is 0 Å². The van der Waals surface area contributed by atoms with Crippen molar-refractivity contribution >= 4 is 5.82 Å². The Labute approximate surface area is 59.4 Å². The summed E-state index contributed by atoms with van der Waals surface area (Å²) in [5.74, 6) is 0.480. The molecule has 10 heavy (non-hydrogen) atoms. The molecule has 0 fully saturated rings. The molecule has 56 valence electrons. The van der Waals surface area contributed by atoms with Gasteiger partial charge in [0.05, 0.1) is 0 Å². The quantitative estimate of drug-likeness (QED) is 0.610. The number of rotatable bonds is 2. The Morgan fingerprint density at radius 2 is 2.40 bits per heavy atom. The summed E-state index contributed by atoms with van der Waals surface area (Å²) in [7, 11) is 0. The van der Waals surface area contributed by atoms with Crippen LogP contribution in [0.3, 0.4) is 0 Å². The molecule has 0 saturated carbocycles. The molecular formula is C6H11N3O. The summed E-state index contributed by atoms with van der Waals surface area (Å²) >= 11 is 0. The molecule has 0 aromatic carbocycles. The van der Waals surface area contributed by atoms with Crippen molar-refractivity contribution in [2.75, 3.05) is 5.48 Å². The molecule has 1 heterocycles. The van der Waals surface area contributed by atoms with Crippen molar-refractivity contribution in [1.29, 1.82) is 0 Å². The van der Waals surface area contributed by atoms with Crippen molar-refractivity contribution in [1.82, 2.24) is 9.78 Å². The Balaban J connectivity index is 2.78. The molecule has 0 aliphatic carbocycles. The first-order valence-corrected chi connectivity index (χ1v) is 3.19. The van der Waals surface area contributed by atoms with Crippen LogP contribution in [0.2, 0.25) is 0 Å². The Morgan fingerprint density at radius 3 is 2.70 bits per heavy atom. The van der Waals surface area contributed by atoms with E-state index < -0.39 is 0 Å². The second-order valence-electron chi connectivity index (χ2n) is 2.39. The zero-order chi connectivity index (χ0) is 7.56. The highest BCUT2D eigenvalue weighted by Gasteiger charge is 1.98. The van der Waals surface area contributed by atoms with Crippen LogP contribution in [0.5, 0.6) is 0 Å². The summed E-state index contributed by atoms with van der Waals surface area (Å²) in [4.78, 5) is 0. The zero-order valence-corrected chi connectivity index (χ0v) is 6.07. The van der Waals surface area contributed by atoms with Crippen LogP contribution in [0.1, 0.15) is 19.9 Å². The second kappa shape index (κ2) is 2.70. The van der Waals surface area contributed by atoms with Crippen LogP contribution in [0.15, 0.2) is 12.3 Å². The van der Waals surface area contributed by atoms with Crippen molar-refractivity contribution in [2.45, 2.75) is 19.9 Å². The maximum atomic E-state index is 8.41. The summed E-state index contributed by atoms with van der Waals surface area (Å²) in [6.45, 7) is 4.04. The fraction of sp³-hybridized carbons (Fsp3) is 0.500. The van der Waals surface area contributed by atoms with E-state index in [1.807, 2.05) is 25.5 Å². The molecule has 4 nitrogen and oxygen atoms in total. The molecule has 0 spiro atoms. The lowest BCUT2D eigenvalue weighted by Crippen LogP contribution is -2.01. The molecule has 1 aromatic heterocycles. The maximum absolute atomic E-state index is 8.41. The number of aromatic nitrogens is 2.